The predicted octanol–water partition coefficient (Wildman–Crippen LogP) is 5.26. The molecule has 5 nitrogen and oxygen atoms in total. The van der Waals surface area contributed by atoms with Crippen LogP contribution in [0.2, 0.25) is 5.02 Å². The van der Waals surface area contributed by atoms with Crippen LogP contribution in [0.15, 0.2) is 42.5 Å². The summed E-state index contributed by atoms with van der Waals surface area (Å²) in [6.45, 7) is 4.73. The maximum absolute atomic E-state index is 13.5. The van der Waals surface area contributed by atoms with Crippen molar-refractivity contribution < 1.29 is 9.59 Å². The van der Waals surface area contributed by atoms with Gasteiger partial charge in [0.2, 0.25) is 5.91 Å². The van der Waals surface area contributed by atoms with Crippen molar-refractivity contribution in [2.75, 3.05) is 13.1 Å². The van der Waals surface area contributed by atoms with Crippen molar-refractivity contribution in [3.63, 3.8) is 0 Å². The van der Waals surface area contributed by atoms with E-state index in [2.05, 4.69) is 22.3 Å². The van der Waals surface area contributed by atoms with E-state index < -0.39 is 6.04 Å². The van der Waals surface area contributed by atoms with Gasteiger partial charge in [-0.2, -0.15) is 0 Å². The third kappa shape index (κ3) is 4.73. The van der Waals surface area contributed by atoms with Gasteiger partial charge in [0.05, 0.1) is 0 Å². The highest BCUT2D eigenvalue weighted by molar-refractivity contribution is 6.31. The van der Waals surface area contributed by atoms with Gasteiger partial charge in [-0.15, -0.1) is 0 Å². The molecule has 34 heavy (non-hydrogen) atoms. The lowest BCUT2D eigenvalue weighted by Gasteiger charge is -2.39. The molecule has 2 aromatic carbocycles. The van der Waals surface area contributed by atoms with E-state index in [1.54, 1.807) is 0 Å². The number of carbonyl (C=O) groups is 2. The lowest BCUT2D eigenvalue weighted by atomic mass is 9.94. The Kier molecular flexibility index (Phi) is 6.94. The Labute approximate surface area is 207 Å². The molecule has 2 aliphatic heterocycles. The van der Waals surface area contributed by atoms with Crippen LogP contribution in [-0.4, -0.2) is 46.8 Å². The van der Waals surface area contributed by atoms with Crippen LogP contribution in [0.25, 0.3) is 0 Å². The monoisotopic (exact) mass is 479 g/mol. The van der Waals surface area contributed by atoms with Gasteiger partial charge in [-0.3, -0.25) is 14.5 Å². The standard InChI is InChI=1S/C28H34ClN3O2/c1-19-17-20(11-12-25(19)29)18-31-15-13-22(14-16-31)32-26(23-9-5-6-10-24(23)28(32)34)27(33)30-21-7-3-2-4-8-21/h5-6,9-12,17,21-22,26H,2-4,7-8,13-16,18H2,1H3,(H,30,33). The van der Waals surface area contributed by atoms with Gasteiger partial charge >= 0.3 is 0 Å². The SMILES string of the molecule is Cc1cc(CN2CCC(N3C(=O)c4ccccc4C3C(=O)NC3CCCCC3)CC2)ccc1Cl. The lowest BCUT2D eigenvalue weighted by Crippen LogP contribution is -2.50. The van der Waals surface area contributed by atoms with Crippen LogP contribution in [0.3, 0.4) is 0 Å². The molecule has 1 atom stereocenters. The topological polar surface area (TPSA) is 52.7 Å². The zero-order valence-electron chi connectivity index (χ0n) is 19.9. The van der Waals surface area contributed by atoms with Crippen molar-refractivity contribution in [3.8, 4) is 0 Å². The van der Waals surface area contributed by atoms with Gasteiger partial charge in [0, 0.05) is 42.3 Å². The minimum atomic E-state index is -0.513. The van der Waals surface area contributed by atoms with Crippen molar-refractivity contribution in [2.45, 2.75) is 76.5 Å². The molecular weight excluding hydrogens is 446 g/mol. The minimum absolute atomic E-state index is 0.00571. The summed E-state index contributed by atoms with van der Waals surface area (Å²) in [5.74, 6) is -0.00422. The molecule has 1 unspecified atom stereocenters. The Hall–Kier alpha value is -2.37. The number of aryl methyl sites for hydroxylation is 1. The molecule has 1 saturated heterocycles. The molecule has 0 bridgehead atoms. The molecule has 2 heterocycles. The molecule has 1 saturated carbocycles. The highest BCUT2D eigenvalue weighted by Gasteiger charge is 2.45. The Bertz CT molecular complexity index is 1060. The molecule has 6 heteroatoms. The van der Waals surface area contributed by atoms with E-state index in [1.165, 1.54) is 24.8 Å². The highest BCUT2D eigenvalue weighted by Crippen LogP contribution is 2.38. The Morgan fingerprint density at radius 1 is 1.03 bits per heavy atom. The molecule has 180 valence electrons. The van der Waals surface area contributed by atoms with Gasteiger partial charge < -0.3 is 10.2 Å². The van der Waals surface area contributed by atoms with Gasteiger partial charge in [-0.1, -0.05) is 61.2 Å². The van der Waals surface area contributed by atoms with Gasteiger partial charge in [0.1, 0.15) is 6.04 Å². The quantitative estimate of drug-likeness (QED) is 0.636. The van der Waals surface area contributed by atoms with Crippen LogP contribution < -0.4 is 5.32 Å². The van der Waals surface area contributed by atoms with Gasteiger partial charge in [-0.05, 0) is 61.4 Å². The Morgan fingerprint density at radius 3 is 2.50 bits per heavy atom. The number of benzene rings is 2. The zero-order valence-corrected chi connectivity index (χ0v) is 20.7. The molecule has 2 aromatic rings. The summed E-state index contributed by atoms with van der Waals surface area (Å²) >= 11 is 6.18. The molecule has 0 spiro atoms. The summed E-state index contributed by atoms with van der Waals surface area (Å²) in [7, 11) is 0. The number of amides is 2. The lowest BCUT2D eigenvalue weighted by molar-refractivity contribution is -0.127. The maximum Gasteiger partial charge on any atom is 0.255 e. The van der Waals surface area contributed by atoms with Crippen molar-refractivity contribution in [1.29, 1.82) is 0 Å². The molecule has 2 fully saturated rings. The highest BCUT2D eigenvalue weighted by atomic mass is 35.5. The van der Waals surface area contributed by atoms with Crippen molar-refractivity contribution in [3.05, 3.63) is 69.7 Å². The van der Waals surface area contributed by atoms with E-state index in [4.69, 9.17) is 11.6 Å². The average Bonchev–Trinajstić information content (AvgIpc) is 3.15. The minimum Gasteiger partial charge on any atom is -0.351 e. The maximum atomic E-state index is 13.5. The van der Waals surface area contributed by atoms with Crippen LogP contribution in [0.4, 0.5) is 0 Å². The Balaban J connectivity index is 1.29. The molecule has 3 aliphatic rings. The Morgan fingerprint density at radius 2 is 1.76 bits per heavy atom. The normalized spacial score (nSPS) is 22.1. The third-order valence-electron chi connectivity index (χ3n) is 7.78. The van der Waals surface area contributed by atoms with Gasteiger partial charge in [0.25, 0.3) is 5.91 Å². The number of fused-ring (bicyclic) bond motifs is 1. The van der Waals surface area contributed by atoms with Crippen LogP contribution in [-0.2, 0) is 11.3 Å². The summed E-state index contributed by atoms with van der Waals surface area (Å²) in [5.41, 5.74) is 3.90. The fourth-order valence-electron chi connectivity index (χ4n) is 5.93. The zero-order chi connectivity index (χ0) is 23.7. The second kappa shape index (κ2) is 10.1. The molecule has 5 rings (SSSR count). The van der Waals surface area contributed by atoms with E-state index in [1.807, 2.05) is 42.2 Å². The molecule has 2 amide bonds. The molecular formula is C28H34ClN3O2. The predicted molar refractivity (Wildman–Crippen MR) is 135 cm³/mol. The third-order valence-corrected chi connectivity index (χ3v) is 8.20. The van der Waals surface area contributed by atoms with Crippen molar-refractivity contribution in [2.24, 2.45) is 0 Å². The first-order chi connectivity index (χ1) is 16.5. The van der Waals surface area contributed by atoms with Gasteiger partial charge in [-0.25, -0.2) is 0 Å². The summed E-state index contributed by atoms with van der Waals surface area (Å²) in [4.78, 5) is 31.3. The summed E-state index contributed by atoms with van der Waals surface area (Å²) < 4.78 is 0. The van der Waals surface area contributed by atoms with E-state index in [9.17, 15) is 9.59 Å². The summed E-state index contributed by atoms with van der Waals surface area (Å²) in [6.07, 6.45) is 7.41. The fraction of sp³-hybridized carbons (Fsp3) is 0.500. The molecule has 0 aromatic heterocycles. The second-order valence-corrected chi connectivity index (χ2v) is 10.5. The van der Waals surface area contributed by atoms with Crippen molar-refractivity contribution >= 4 is 23.4 Å². The summed E-state index contributed by atoms with van der Waals surface area (Å²) in [6, 6.07) is 13.7. The molecule has 0 radical (unpaired) electrons. The second-order valence-electron chi connectivity index (χ2n) is 10.1. The van der Waals surface area contributed by atoms with Crippen LogP contribution in [0.5, 0.6) is 0 Å². The molecule has 1 aliphatic carbocycles. The number of nitrogens with one attached hydrogen (secondary N) is 1. The number of hydrogen-bond donors (Lipinski definition) is 1. The smallest absolute Gasteiger partial charge is 0.255 e. The van der Waals surface area contributed by atoms with E-state index >= 15 is 0 Å². The van der Waals surface area contributed by atoms with Crippen molar-refractivity contribution in [1.82, 2.24) is 15.1 Å². The number of rotatable bonds is 5. The van der Waals surface area contributed by atoms with Crippen LogP contribution >= 0.6 is 11.6 Å². The number of likely N-dealkylation sites (tertiary alicyclic amines) is 1. The van der Waals surface area contributed by atoms with E-state index in [0.717, 1.165) is 61.5 Å². The summed E-state index contributed by atoms with van der Waals surface area (Å²) in [5, 5.41) is 4.09. The van der Waals surface area contributed by atoms with E-state index in [0.29, 0.717) is 5.56 Å². The largest absolute Gasteiger partial charge is 0.351 e. The first-order valence-electron chi connectivity index (χ1n) is 12.7. The number of piperidine rings is 1. The van der Waals surface area contributed by atoms with Crippen LogP contribution in [0.1, 0.15) is 78.0 Å². The first-order valence-corrected chi connectivity index (χ1v) is 13.1. The number of hydrogen-bond acceptors (Lipinski definition) is 3. The van der Waals surface area contributed by atoms with Crippen LogP contribution in [0, 0.1) is 6.92 Å². The first kappa shape index (κ1) is 23.4. The number of halogens is 1. The average molecular weight is 480 g/mol. The van der Waals surface area contributed by atoms with E-state index in [-0.39, 0.29) is 23.9 Å². The number of carbonyl (C=O) groups excluding carboxylic acids is 2. The van der Waals surface area contributed by atoms with Gasteiger partial charge in [0.15, 0.2) is 0 Å². The molecule has 1 N–H and O–H groups in total. The number of nitrogens with zero attached hydrogens (tertiary/aromatic N) is 2. The fourth-order valence-corrected chi connectivity index (χ4v) is 6.04.